The van der Waals surface area contributed by atoms with Crippen molar-refractivity contribution in [3.8, 4) is 11.3 Å². The molecule has 0 fully saturated rings. The van der Waals surface area contributed by atoms with E-state index in [4.69, 9.17) is 11.6 Å². The van der Waals surface area contributed by atoms with Crippen LogP contribution in [0.3, 0.4) is 0 Å². The van der Waals surface area contributed by atoms with Crippen LogP contribution in [0.1, 0.15) is 20.7 Å². The Balaban J connectivity index is 1.67. The average Bonchev–Trinajstić information content (AvgIpc) is 3.17. The fraction of sp³-hybridized carbons (Fsp3) is 0.0476. The van der Waals surface area contributed by atoms with E-state index in [-0.39, 0.29) is 0 Å². The van der Waals surface area contributed by atoms with Gasteiger partial charge in [0.15, 0.2) is 0 Å². The SMILES string of the molecule is Cn1cc(C(=O)NNC(=O)c2cc(-c3ccccc3Cl)nc3ccccc23)cn1. The molecule has 4 aromatic rings. The third kappa shape index (κ3) is 3.81. The minimum atomic E-state index is -0.464. The van der Waals surface area contributed by atoms with Crippen LogP contribution in [0.2, 0.25) is 5.02 Å². The maximum Gasteiger partial charge on any atom is 0.272 e. The Hall–Kier alpha value is -3.71. The van der Waals surface area contributed by atoms with Gasteiger partial charge in [0.1, 0.15) is 0 Å². The molecule has 0 aliphatic heterocycles. The molecule has 7 nitrogen and oxygen atoms in total. The standard InChI is InChI=1S/C21H16ClN5O2/c1-27-12-13(11-23-27)20(28)25-26-21(29)16-10-19(15-7-2-4-8-17(15)22)24-18-9-5-3-6-14(16)18/h2-12H,1H3,(H,25,28)(H,26,29). The summed E-state index contributed by atoms with van der Waals surface area (Å²) in [5, 5.41) is 5.14. The van der Waals surface area contributed by atoms with Gasteiger partial charge in [-0.05, 0) is 18.2 Å². The Labute approximate surface area is 171 Å². The third-order valence-corrected chi connectivity index (χ3v) is 4.70. The number of rotatable bonds is 3. The Morgan fingerprint density at radius 3 is 2.48 bits per heavy atom. The van der Waals surface area contributed by atoms with Gasteiger partial charge < -0.3 is 0 Å². The summed E-state index contributed by atoms with van der Waals surface area (Å²) >= 11 is 6.31. The first-order valence-corrected chi connectivity index (χ1v) is 9.15. The molecule has 4 rings (SSSR count). The van der Waals surface area contributed by atoms with E-state index in [1.165, 1.54) is 10.9 Å². The third-order valence-electron chi connectivity index (χ3n) is 4.37. The van der Waals surface area contributed by atoms with Crippen LogP contribution in [0.5, 0.6) is 0 Å². The van der Waals surface area contributed by atoms with Gasteiger partial charge in [0.25, 0.3) is 11.8 Å². The van der Waals surface area contributed by atoms with Gasteiger partial charge in [-0.3, -0.25) is 25.1 Å². The van der Waals surface area contributed by atoms with Crippen molar-refractivity contribution in [1.82, 2.24) is 25.6 Å². The van der Waals surface area contributed by atoms with Crippen LogP contribution in [0.4, 0.5) is 0 Å². The number of pyridine rings is 1. The van der Waals surface area contributed by atoms with E-state index in [0.717, 1.165) is 0 Å². The van der Waals surface area contributed by atoms with E-state index in [2.05, 4.69) is 20.9 Å². The zero-order valence-electron chi connectivity index (χ0n) is 15.4. The number of carbonyl (C=O) groups is 2. The number of para-hydroxylation sites is 1. The van der Waals surface area contributed by atoms with E-state index in [0.29, 0.717) is 38.3 Å². The second-order valence-corrected chi connectivity index (χ2v) is 6.77. The quantitative estimate of drug-likeness (QED) is 0.511. The predicted octanol–water partition coefficient (Wildman–Crippen LogP) is 3.36. The molecule has 2 heterocycles. The zero-order chi connectivity index (χ0) is 20.4. The van der Waals surface area contributed by atoms with Crippen molar-refractivity contribution >= 4 is 34.3 Å². The first kappa shape index (κ1) is 18.6. The molecule has 0 saturated carbocycles. The molecule has 2 aromatic carbocycles. The highest BCUT2D eigenvalue weighted by Gasteiger charge is 2.16. The zero-order valence-corrected chi connectivity index (χ0v) is 16.1. The number of amides is 2. The number of aryl methyl sites for hydroxylation is 1. The van der Waals surface area contributed by atoms with Crippen LogP contribution in [0.25, 0.3) is 22.2 Å². The topological polar surface area (TPSA) is 88.9 Å². The van der Waals surface area contributed by atoms with Crippen LogP contribution >= 0.6 is 11.6 Å². The van der Waals surface area contributed by atoms with Crippen molar-refractivity contribution < 1.29 is 9.59 Å². The van der Waals surface area contributed by atoms with Crippen molar-refractivity contribution in [3.05, 3.63) is 83.1 Å². The second-order valence-electron chi connectivity index (χ2n) is 6.36. The van der Waals surface area contributed by atoms with E-state index in [1.807, 2.05) is 36.4 Å². The van der Waals surface area contributed by atoms with Crippen LogP contribution in [-0.4, -0.2) is 26.6 Å². The minimum absolute atomic E-state index is 0.337. The summed E-state index contributed by atoms with van der Waals surface area (Å²) in [5.74, 6) is -0.926. The number of hydrogen-bond acceptors (Lipinski definition) is 4. The number of aromatic nitrogens is 3. The van der Waals surface area contributed by atoms with Gasteiger partial charge in [-0.15, -0.1) is 0 Å². The minimum Gasteiger partial charge on any atom is -0.275 e. The van der Waals surface area contributed by atoms with E-state index < -0.39 is 11.8 Å². The molecule has 2 aromatic heterocycles. The molecular formula is C21H16ClN5O2. The lowest BCUT2D eigenvalue weighted by molar-refractivity contribution is 0.0847. The molecule has 29 heavy (non-hydrogen) atoms. The largest absolute Gasteiger partial charge is 0.275 e. The Morgan fingerprint density at radius 2 is 1.72 bits per heavy atom. The Kier molecular flexibility index (Phi) is 4.97. The number of nitrogens with one attached hydrogen (secondary N) is 2. The summed E-state index contributed by atoms with van der Waals surface area (Å²) in [5.41, 5.74) is 7.50. The number of benzene rings is 2. The molecule has 144 valence electrons. The van der Waals surface area contributed by atoms with Crippen LogP contribution < -0.4 is 10.9 Å². The van der Waals surface area contributed by atoms with Gasteiger partial charge in [0, 0.05) is 29.2 Å². The highest BCUT2D eigenvalue weighted by atomic mass is 35.5. The van der Waals surface area contributed by atoms with Crippen LogP contribution in [0.15, 0.2) is 67.0 Å². The molecule has 0 aliphatic rings. The van der Waals surface area contributed by atoms with Gasteiger partial charge in [-0.25, -0.2) is 4.98 Å². The highest BCUT2D eigenvalue weighted by Crippen LogP contribution is 2.29. The summed E-state index contributed by atoms with van der Waals surface area (Å²) in [6, 6.07) is 16.2. The lowest BCUT2D eigenvalue weighted by Gasteiger charge is -2.11. The maximum atomic E-state index is 12.9. The smallest absolute Gasteiger partial charge is 0.272 e. The number of hydrazine groups is 1. The number of fused-ring (bicyclic) bond motifs is 1. The summed E-state index contributed by atoms with van der Waals surface area (Å²) < 4.78 is 1.50. The highest BCUT2D eigenvalue weighted by molar-refractivity contribution is 6.33. The number of hydrogen-bond donors (Lipinski definition) is 2. The second kappa shape index (κ2) is 7.73. The van der Waals surface area contributed by atoms with Gasteiger partial charge in [0.05, 0.1) is 28.5 Å². The van der Waals surface area contributed by atoms with E-state index in [9.17, 15) is 9.59 Å². The Morgan fingerprint density at radius 1 is 1.00 bits per heavy atom. The molecule has 0 bridgehead atoms. The van der Waals surface area contributed by atoms with Crippen LogP contribution in [0, 0.1) is 0 Å². The molecule has 2 N–H and O–H groups in total. The fourth-order valence-corrected chi connectivity index (χ4v) is 3.19. The molecular weight excluding hydrogens is 390 g/mol. The van der Waals surface area contributed by atoms with Crippen molar-refractivity contribution in [2.24, 2.45) is 7.05 Å². The van der Waals surface area contributed by atoms with Gasteiger partial charge in [-0.2, -0.15) is 5.10 Å². The molecule has 8 heteroatoms. The fourth-order valence-electron chi connectivity index (χ4n) is 2.96. The average molecular weight is 406 g/mol. The van der Waals surface area contributed by atoms with Gasteiger partial charge >= 0.3 is 0 Å². The number of nitrogens with zero attached hydrogens (tertiary/aromatic N) is 3. The lowest BCUT2D eigenvalue weighted by atomic mass is 10.0. The van der Waals surface area contributed by atoms with Crippen molar-refractivity contribution in [3.63, 3.8) is 0 Å². The first-order chi connectivity index (χ1) is 14.0. The number of halogens is 1. The maximum absolute atomic E-state index is 12.9. The molecule has 0 aliphatic carbocycles. The summed E-state index contributed by atoms with van der Waals surface area (Å²) in [7, 11) is 1.70. The molecule has 0 atom stereocenters. The summed E-state index contributed by atoms with van der Waals surface area (Å²) in [6.45, 7) is 0. The first-order valence-electron chi connectivity index (χ1n) is 8.77. The van der Waals surface area contributed by atoms with Crippen molar-refractivity contribution in [1.29, 1.82) is 0 Å². The van der Waals surface area contributed by atoms with Crippen LogP contribution in [-0.2, 0) is 7.05 Å². The predicted molar refractivity (Wildman–Crippen MR) is 110 cm³/mol. The molecule has 0 radical (unpaired) electrons. The van der Waals surface area contributed by atoms with Crippen molar-refractivity contribution in [2.45, 2.75) is 0 Å². The normalized spacial score (nSPS) is 10.7. The molecule has 0 unspecified atom stereocenters. The monoisotopic (exact) mass is 405 g/mol. The van der Waals surface area contributed by atoms with Crippen molar-refractivity contribution in [2.75, 3.05) is 0 Å². The van der Waals surface area contributed by atoms with E-state index in [1.54, 1.807) is 31.4 Å². The lowest BCUT2D eigenvalue weighted by Crippen LogP contribution is -2.41. The number of carbonyl (C=O) groups excluding carboxylic acids is 2. The van der Waals surface area contributed by atoms with E-state index >= 15 is 0 Å². The Bertz CT molecular complexity index is 1230. The molecule has 0 saturated heterocycles. The summed E-state index contributed by atoms with van der Waals surface area (Å²) in [6.07, 6.45) is 2.97. The summed E-state index contributed by atoms with van der Waals surface area (Å²) in [4.78, 5) is 29.7. The van der Waals surface area contributed by atoms with Gasteiger partial charge in [-0.1, -0.05) is 48.0 Å². The molecule has 2 amide bonds. The van der Waals surface area contributed by atoms with Gasteiger partial charge in [0.2, 0.25) is 0 Å². The molecule has 0 spiro atoms.